The van der Waals surface area contributed by atoms with Crippen LogP contribution in [0.2, 0.25) is 0 Å². The van der Waals surface area contributed by atoms with E-state index in [0.29, 0.717) is 6.10 Å². The van der Waals surface area contributed by atoms with Crippen LogP contribution in [0.1, 0.15) is 24.0 Å². The Bertz CT molecular complexity index is 437. The molecule has 1 aromatic carbocycles. The molecule has 0 aromatic heterocycles. The van der Waals surface area contributed by atoms with Gasteiger partial charge in [-0.2, -0.15) is 0 Å². The van der Waals surface area contributed by atoms with Crippen LogP contribution in [0.15, 0.2) is 18.2 Å². The van der Waals surface area contributed by atoms with Gasteiger partial charge in [0, 0.05) is 31.5 Å². The molecule has 3 N–H and O–H groups in total. The first-order chi connectivity index (χ1) is 8.61. The molecule has 0 amide bonds. The summed E-state index contributed by atoms with van der Waals surface area (Å²) in [6, 6.07) is 6.13. The summed E-state index contributed by atoms with van der Waals surface area (Å²) in [5, 5.41) is 7.69. The maximum Gasteiger partial charge on any atom is 0.124 e. The van der Waals surface area contributed by atoms with Gasteiger partial charge in [0.2, 0.25) is 0 Å². The number of amidine groups is 1. The first-order valence-corrected chi connectivity index (χ1v) is 6.34. The van der Waals surface area contributed by atoms with Crippen molar-refractivity contribution in [2.24, 2.45) is 5.73 Å². The van der Waals surface area contributed by atoms with E-state index in [2.05, 4.69) is 17.0 Å². The van der Waals surface area contributed by atoms with E-state index in [-0.39, 0.29) is 5.84 Å². The molecule has 1 aromatic rings. The molecule has 1 heterocycles. The monoisotopic (exact) mass is 247 g/mol. The third-order valence-corrected chi connectivity index (χ3v) is 3.56. The van der Waals surface area contributed by atoms with Crippen LogP contribution in [0.4, 0.5) is 5.69 Å². The van der Waals surface area contributed by atoms with Gasteiger partial charge >= 0.3 is 0 Å². The minimum atomic E-state index is 0.141. The van der Waals surface area contributed by atoms with Crippen molar-refractivity contribution in [3.8, 4) is 0 Å². The van der Waals surface area contributed by atoms with E-state index in [4.69, 9.17) is 15.9 Å². The lowest BCUT2D eigenvalue weighted by molar-refractivity contribution is 0.0819. The Labute approximate surface area is 108 Å². The number of methoxy groups -OCH3 is 1. The average Bonchev–Trinajstić information content (AvgIpc) is 2.39. The fraction of sp³-hybridized carbons (Fsp3) is 0.500. The number of ether oxygens (including phenoxy) is 1. The maximum atomic E-state index is 7.69. The molecule has 2 rings (SSSR count). The second-order valence-corrected chi connectivity index (χ2v) is 4.86. The van der Waals surface area contributed by atoms with E-state index in [1.807, 2.05) is 13.0 Å². The van der Waals surface area contributed by atoms with E-state index in [9.17, 15) is 0 Å². The molecule has 0 aliphatic carbocycles. The zero-order chi connectivity index (χ0) is 13.1. The molecule has 0 atom stereocenters. The number of nitrogens with two attached hydrogens (primary N) is 1. The number of hydrogen-bond acceptors (Lipinski definition) is 3. The third-order valence-electron chi connectivity index (χ3n) is 3.56. The SMILES string of the molecule is COC1CCN(c2ccc(C)cc2C(=N)N)CC1. The van der Waals surface area contributed by atoms with E-state index in [1.54, 1.807) is 7.11 Å². The minimum Gasteiger partial charge on any atom is -0.384 e. The van der Waals surface area contributed by atoms with Crippen molar-refractivity contribution >= 4 is 11.5 Å². The van der Waals surface area contributed by atoms with Crippen molar-refractivity contribution in [3.05, 3.63) is 29.3 Å². The molecular weight excluding hydrogens is 226 g/mol. The smallest absolute Gasteiger partial charge is 0.124 e. The second-order valence-electron chi connectivity index (χ2n) is 4.86. The fourth-order valence-electron chi connectivity index (χ4n) is 2.47. The molecule has 0 radical (unpaired) electrons. The first-order valence-electron chi connectivity index (χ1n) is 6.34. The number of aryl methyl sites for hydroxylation is 1. The van der Waals surface area contributed by atoms with E-state index in [0.717, 1.165) is 42.7 Å². The van der Waals surface area contributed by atoms with Gasteiger partial charge in [-0.1, -0.05) is 11.6 Å². The van der Waals surface area contributed by atoms with Crippen LogP contribution in [-0.4, -0.2) is 32.1 Å². The normalized spacial score (nSPS) is 16.9. The van der Waals surface area contributed by atoms with E-state index < -0.39 is 0 Å². The summed E-state index contributed by atoms with van der Waals surface area (Å²) in [6.07, 6.45) is 2.43. The summed E-state index contributed by atoms with van der Waals surface area (Å²) in [6.45, 7) is 3.94. The molecule has 0 bridgehead atoms. The molecule has 0 spiro atoms. The van der Waals surface area contributed by atoms with Crippen molar-refractivity contribution in [2.45, 2.75) is 25.9 Å². The molecule has 1 aliphatic rings. The Balaban J connectivity index is 2.21. The Kier molecular flexibility index (Phi) is 3.87. The lowest BCUT2D eigenvalue weighted by Crippen LogP contribution is -2.37. The molecule has 4 heteroatoms. The summed E-state index contributed by atoms with van der Waals surface area (Å²) in [5.74, 6) is 0.141. The van der Waals surface area contributed by atoms with Gasteiger partial charge in [0.15, 0.2) is 0 Å². The summed E-state index contributed by atoms with van der Waals surface area (Å²) in [5.41, 5.74) is 8.72. The molecule has 1 aliphatic heterocycles. The molecule has 4 nitrogen and oxygen atoms in total. The van der Waals surface area contributed by atoms with Crippen molar-refractivity contribution < 1.29 is 4.74 Å². The van der Waals surface area contributed by atoms with Crippen LogP contribution >= 0.6 is 0 Å². The number of piperidine rings is 1. The van der Waals surface area contributed by atoms with Gasteiger partial charge in [0.1, 0.15) is 5.84 Å². The Hall–Kier alpha value is -1.55. The molecule has 18 heavy (non-hydrogen) atoms. The first kappa shape index (κ1) is 12.9. The van der Waals surface area contributed by atoms with Crippen molar-refractivity contribution in [1.29, 1.82) is 5.41 Å². The predicted molar refractivity (Wildman–Crippen MR) is 74.4 cm³/mol. The van der Waals surface area contributed by atoms with Gasteiger partial charge in [-0.3, -0.25) is 5.41 Å². The summed E-state index contributed by atoms with van der Waals surface area (Å²) >= 11 is 0. The zero-order valence-electron chi connectivity index (χ0n) is 11.1. The molecule has 1 saturated heterocycles. The highest BCUT2D eigenvalue weighted by molar-refractivity contribution is 6.00. The highest BCUT2D eigenvalue weighted by Crippen LogP contribution is 2.25. The summed E-state index contributed by atoms with van der Waals surface area (Å²) in [7, 11) is 1.77. The highest BCUT2D eigenvalue weighted by Gasteiger charge is 2.21. The Morgan fingerprint density at radius 2 is 2.06 bits per heavy atom. The number of hydrogen-bond donors (Lipinski definition) is 2. The molecule has 0 unspecified atom stereocenters. The van der Waals surface area contributed by atoms with Crippen LogP contribution in [0.25, 0.3) is 0 Å². The van der Waals surface area contributed by atoms with Crippen LogP contribution in [0.5, 0.6) is 0 Å². The number of nitrogen functional groups attached to an aromatic ring is 1. The largest absolute Gasteiger partial charge is 0.384 e. The average molecular weight is 247 g/mol. The van der Waals surface area contributed by atoms with E-state index in [1.165, 1.54) is 0 Å². The minimum absolute atomic E-state index is 0.141. The lowest BCUT2D eigenvalue weighted by atomic mass is 10.0. The summed E-state index contributed by atoms with van der Waals surface area (Å²) < 4.78 is 5.38. The van der Waals surface area contributed by atoms with Crippen molar-refractivity contribution in [2.75, 3.05) is 25.1 Å². The number of benzene rings is 1. The van der Waals surface area contributed by atoms with Crippen LogP contribution in [0.3, 0.4) is 0 Å². The quantitative estimate of drug-likeness (QED) is 0.633. The Morgan fingerprint density at radius 3 is 2.61 bits per heavy atom. The highest BCUT2D eigenvalue weighted by atomic mass is 16.5. The zero-order valence-corrected chi connectivity index (χ0v) is 11.1. The number of rotatable bonds is 3. The fourth-order valence-corrected chi connectivity index (χ4v) is 2.47. The summed E-state index contributed by atoms with van der Waals surface area (Å²) in [4.78, 5) is 2.30. The standard InChI is InChI=1S/C14H21N3O/c1-10-3-4-13(12(9-10)14(15)16)17-7-5-11(18-2)6-8-17/h3-4,9,11H,5-8H2,1-2H3,(H3,15,16). The maximum absolute atomic E-state index is 7.69. The van der Waals surface area contributed by atoms with Gasteiger partial charge < -0.3 is 15.4 Å². The van der Waals surface area contributed by atoms with E-state index >= 15 is 0 Å². The van der Waals surface area contributed by atoms with Crippen LogP contribution in [0, 0.1) is 12.3 Å². The number of nitrogens with zero attached hydrogens (tertiary/aromatic N) is 1. The van der Waals surface area contributed by atoms with Gasteiger partial charge in [0.25, 0.3) is 0 Å². The van der Waals surface area contributed by atoms with Crippen molar-refractivity contribution in [3.63, 3.8) is 0 Å². The van der Waals surface area contributed by atoms with Crippen LogP contribution < -0.4 is 10.6 Å². The van der Waals surface area contributed by atoms with Gasteiger partial charge in [-0.25, -0.2) is 0 Å². The topological polar surface area (TPSA) is 62.3 Å². The molecular formula is C14H21N3O. The molecule has 1 fully saturated rings. The second kappa shape index (κ2) is 5.40. The molecule has 0 saturated carbocycles. The third kappa shape index (κ3) is 2.64. The van der Waals surface area contributed by atoms with Gasteiger partial charge in [-0.05, 0) is 31.9 Å². The van der Waals surface area contributed by atoms with Crippen LogP contribution in [-0.2, 0) is 4.74 Å². The molecule has 98 valence electrons. The Morgan fingerprint density at radius 1 is 1.39 bits per heavy atom. The van der Waals surface area contributed by atoms with Gasteiger partial charge in [-0.15, -0.1) is 0 Å². The van der Waals surface area contributed by atoms with Gasteiger partial charge in [0.05, 0.1) is 6.10 Å². The predicted octanol–water partition coefficient (Wildman–Crippen LogP) is 1.89. The number of anilines is 1. The number of nitrogens with one attached hydrogen (secondary N) is 1. The van der Waals surface area contributed by atoms with Crippen molar-refractivity contribution in [1.82, 2.24) is 0 Å². The lowest BCUT2D eigenvalue weighted by Gasteiger charge is -2.34.